The van der Waals surface area contributed by atoms with Gasteiger partial charge in [0.25, 0.3) is 0 Å². The van der Waals surface area contributed by atoms with Gasteiger partial charge < -0.3 is 14.8 Å². The van der Waals surface area contributed by atoms with E-state index in [-0.39, 0.29) is 11.7 Å². The van der Waals surface area contributed by atoms with E-state index in [4.69, 9.17) is 14.5 Å². The number of carbonyl (C=O) groups excluding carboxylic acids is 1. The molecule has 0 amide bonds. The highest BCUT2D eigenvalue weighted by molar-refractivity contribution is 5.99. The van der Waals surface area contributed by atoms with Crippen molar-refractivity contribution in [2.45, 2.75) is 32.6 Å². The van der Waals surface area contributed by atoms with Gasteiger partial charge in [0.2, 0.25) is 5.95 Å². The van der Waals surface area contributed by atoms with Crippen LogP contribution in [-0.2, 0) is 6.42 Å². The van der Waals surface area contributed by atoms with Crippen molar-refractivity contribution in [2.75, 3.05) is 19.5 Å². The van der Waals surface area contributed by atoms with Crippen LogP contribution in [0.2, 0.25) is 0 Å². The fourth-order valence-electron chi connectivity index (χ4n) is 3.94. The van der Waals surface area contributed by atoms with Crippen LogP contribution in [-0.4, -0.2) is 30.0 Å². The van der Waals surface area contributed by atoms with Gasteiger partial charge in [-0.15, -0.1) is 0 Å². The minimum atomic E-state index is 0.0336. The highest BCUT2D eigenvalue weighted by Crippen LogP contribution is 2.37. The Morgan fingerprint density at radius 1 is 0.933 bits per heavy atom. The van der Waals surface area contributed by atoms with Gasteiger partial charge in [-0.3, -0.25) is 4.79 Å². The van der Waals surface area contributed by atoms with E-state index in [0.717, 1.165) is 16.9 Å². The molecule has 2 aromatic carbocycles. The zero-order valence-corrected chi connectivity index (χ0v) is 17.7. The molecule has 0 unspecified atom stereocenters. The molecular formula is C24H25N3O3. The van der Waals surface area contributed by atoms with E-state index in [1.54, 1.807) is 14.2 Å². The van der Waals surface area contributed by atoms with Crippen LogP contribution in [0.15, 0.2) is 42.5 Å². The van der Waals surface area contributed by atoms with Crippen LogP contribution >= 0.6 is 0 Å². The number of anilines is 2. The third kappa shape index (κ3) is 3.85. The largest absolute Gasteiger partial charge is 0.493 e. The van der Waals surface area contributed by atoms with Gasteiger partial charge in [-0.1, -0.05) is 23.8 Å². The van der Waals surface area contributed by atoms with Crippen molar-refractivity contribution in [3.05, 3.63) is 70.5 Å². The molecule has 1 heterocycles. The minimum Gasteiger partial charge on any atom is -0.493 e. The number of nitrogens with one attached hydrogen (secondary N) is 1. The lowest BCUT2D eigenvalue weighted by Gasteiger charge is -2.25. The first-order valence-corrected chi connectivity index (χ1v) is 9.94. The Bertz CT molecular complexity index is 1090. The van der Waals surface area contributed by atoms with Gasteiger partial charge in [0.1, 0.15) is 0 Å². The van der Waals surface area contributed by atoms with Gasteiger partial charge in [-0.05, 0) is 56.0 Å². The SMILES string of the molecule is COc1ccc([C@H]2CC(=O)c3c(C)nc(Nc4ccc(C)cc4)nc3C2)cc1OC. The van der Waals surface area contributed by atoms with Gasteiger partial charge in [0.15, 0.2) is 17.3 Å². The van der Waals surface area contributed by atoms with E-state index in [9.17, 15) is 4.79 Å². The summed E-state index contributed by atoms with van der Waals surface area (Å²) in [6.45, 7) is 3.92. The summed E-state index contributed by atoms with van der Waals surface area (Å²) in [5.74, 6) is 1.96. The Kier molecular flexibility index (Phi) is 5.40. The first-order chi connectivity index (χ1) is 14.5. The van der Waals surface area contributed by atoms with Crippen LogP contribution in [0.25, 0.3) is 0 Å². The first-order valence-electron chi connectivity index (χ1n) is 9.94. The normalized spacial score (nSPS) is 15.5. The number of carbonyl (C=O) groups is 1. The molecule has 154 valence electrons. The maximum Gasteiger partial charge on any atom is 0.227 e. The molecular weight excluding hydrogens is 378 g/mol. The summed E-state index contributed by atoms with van der Waals surface area (Å²) >= 11 is 0. The van der Waals surface area contributed by atoms with Crippen LogP contribution in [0.3, 0.4) is 0 Å². The second-order valence-corrected chi connectivity index (χ2v) is 7.59. The van der Waals surface area contributed by atoms with Crippen LogP contribution in [0.4, 0.5) is 11.6 Å². The maximum atomic E-state index is 12.9. The number of hydrogen-bond donors (Lipinski definition) is 1. The predicted octanol–water partition coefficient (Wildman–Crippen LogP) is 4.77. The summed E-state index contributed by atoms with van der Waals surface area (Å²) in [4.78, 5) is 22.1. The zero-order valence-electron chi connectivity index (χ0n) is 17.7. The smallest absolute Gasteiger partial charge is 0.227 e. The van der Waals surface area contributed by atoms with Crippen molar-refractivity contribution >= 4 is 17.4 Å². The molecule has 1 aliphatic carbocycles. The van der Waals surface area contributed by atoms with Crippen molar-refractivity contribution in [3.8, 4) is 11.5 Å². The number of aryl methyl sites for hydroxylation is 2. The number of hydrogen-bond acceptors (Lipinski definition) is 6. The summed E-state index contributed by atoms with van der Waals surface area (Å²) in [5, 5.41) is 3.25. The predicted molar refractivity (Wildman–Crippen MR) is 116 cm³/mol. The van der Waals surface area contributed by atoms with E-state index in [1.807, 2.05) is 56.3 Å². The molecule has 0 saturated carbocycles. The first kappa shape index (κ1) is 19.9. The number of nitrogens with zero attached hydrogens (tertiary/aromatic N) is 2. The summed E-state index contributed by atoms with van der Waals surface area (Å²) in [5.41, 5.74) is 5.29. The van der Waals surface area contributed by atoms with Crippen molar-refractivity contribution in [1.82, 2.24) is 9.97 Å². The molecule has 1 aliphatic rings. The molecule has 0 saturated heterocycles. The lowest BCUT2D eigenvalue weighted by molar-refractivity contribution is 0.0962. The summed E-state index contributed by atoms with van der Waals surface area (Å²) < 4.78 is 10.8. The zero-order chi connectivity index (χ0) is 21.3. The molecule has 0 spiro atoms. The average molecular weight is 403 g/mol. The number of ketones is 1. The van der Waals surface area contributed by atoms with Gasteiger partial charge in [-0.2, -0.15) is 0 Å². The fraction of sp³-hybridized carbons (Fsp3) is 0.292. The van der Waals surface area contributed by atoms with E-state index in [0.29, 0.717) is 41.5 Å². The second-order valence-electron chi connectivity index (χ2n) is 7.59. The molecule has 1 aromatic heterocycles. The lowest BCUT2D eigenvalue weighted by atomic mass is 9.81. The Labute approximate surface area is 176 Å². The Morgan fingerprint density at radius 3 is 2.37 bits per heavy atom. The Morgan fingerprint density at radius 2 is 1.67 bits per heavy atom. The minimum absolute atomic E-state index is 0.0336. The molecule has 0 fully saturated rings. The molecule has 0 radical (unpaired) electrons. The standard InChI is InChI=1S/C24H25N3O3/c1-14-5-8-18(9-6-14)26-24-25-15(2)23-19(27-24)11-17(12-20(23)28)16-7-10-21(29-3)22(13-16)30-4/h5-10,13,17H,11-12H2,1-4H3,(H,25,26,27)/t17-/m1/s1. The molecule has 1 atom stereocenters. The molecule has 3 aromatic rings. The van der Waals surface area contributed by atoms with E-state index < -0.39 is 0 Å². The molecule has 30 heavy (non-hydrogen) atoms. The van der Waals surface area contributed by atoms with Gasteiger partial charge in [0.05, 0.1) is 31.2 Å². The average Bonchev–Trinajstić information content (AvgIpc) is 2.74. The number of methoxy groups -OCH3 is 2. The molecule has 6 heteroatoms. The highest BCUT2D eigenvalue weighted by Gasteiger charge is 2.30. The number of aromatic nitrogens is 2. The summed E-state index contributed by atoms with van der Waals surface area (Å²) in [6, 6.07) is 13.9. The van der Waals surface area contributed by atoms with Gasteiger partial charge in [-0.25, -0.2) is 9.97 Å². The number of fused-ring (bicyclic) bond motifs is 1. The van der Waals surface area contributed by atoms with Crippen LogP contribution in [0, 0.1) is 13.8 Å². The molecule has 4 rings (SSSR count). The van der Waals surface area contributed by atoms with Crippen molar-refractivity contribution in [3.63, 3.8) is 0 Å². The number of ether oxygens (including phenoxy) is 2. The van der Waals surface area contributed by atoms with Crippen LogP contribution < -0.4 is 14.8 Å². The van der Waals surface area contributed by atoms with Gasteiger partial charge in [0, 0.05) is 12.1 Å². The Balaban J connectivity index is 1.65. The molecule has 0 bridgehead atoms. The van der Waals surface area contributed by atoms with Crippen LogP contribution in [0.1, 0.15) is 45.2 Å². The van der Waals surface area contributed by atoms with Crippen molar-refractivity contribution in [2.24, 2.45) is 0 Å². The van der Waals surface area contributed by atoms with Crippen molar-refractivity contribution < 1.29 is 14.3 Å². The number of rotatable bonds is 5. The second kappa shape index (κ2) is 8.14. The third-order valence-corrected chi connectivity index (χ3v) is 5.50. The number of benzene rings is 2. The van der Waals surface area contributed by atoms with Crippen LogP contribution in [0.5, 0.6) is 11.5 Å². The maximum absolute atomic E-state index is 12.9. The topological polar surface area (TPSA) is 73.3 Å². The van der Waals surface area contributed by atoms with E-state index in [1.165, 1.54) is 5.56 Å². The van der Waals surface area contributed by atoms with E-state index >= 15 is 0 Å². The Hall–Kier alpha value is -3.41. The summed E-state index contributed by atoms with van der Waals surface area (Å²) in [7, 11) is 3.22. The fourth-order valence-corrected chi connectivity index (χ4v) is 3.94. The quantitative estimate of drug-likeness (QED) is 0.662. The monoisotopic (exact) mass is 403 g/mol. The molecule has 1 N–H and O–H groups in total. The highest BCUT2D eigenvalue weighted by atomic mass is 16.5. The molecule has 6 nitrogen and oxygen atoms in total. The van der Waals surface area contributed by atoms with Crippen molar-refractivity contribution in [1.29, 1.82) is 0 Å². The van der Waals surface area contributed by atoms with E-state index in [2.05, 4.69) is 10.3 Å². The lowest BCUT2D eigenvalue weighted by Crippen LogP contribution is -2.23. The van der Waals surface area contributed by atoms with Gasteiger partial charge >= 0.3 is 0 Å². The number of Topliss-reactive ketones (excluding diaryl/α,β-unsaturated/α-hetero) is 1. The third-order valence-electron chi connectivity index (χ3n) is 5.50. The summed E-state index contributed by atoms with van der Waals surface area (Å²) in [6.07, 6.45) is 1.10. The molecule has 0 aliphatic heterocycles.